The van der Waals surface area contributed by atoms with E-state index in [1.807, 2.05) is 0 Å². The Hall–Kier alpha value is -1.34. The van der Waals surface area contributed by atoms with E-state index in [0.717, 1.165) is 16.6 Å². The molecule has 110 valence electrons. The van der Waals surface area contributed by atoms with Crippen LogP contribution >= 0.6 is 31.9 Å². The predicted octanol–water partition coefficient (Wildman–Crippen LogP) is 5.48. The minimum Gasteiger partial charge on any atom is -0.321 e. The summed E-state index contributed by atoms with van der Waals surface area (Å²) in [7, 11) is 0. The van der Waals surface area contributed by atoms with Crippen molar-refractivity contribution in [3.05, 3.63) is 62.5 Å². The van der Waals surface area contributed by atoms with Crippen LogP contribution in [0.25, 0.3) is 0 Å². The van der Waals surface area contributed by atoms with Gasteiger partial charge in [0.1, 0.15) is 0 Å². The van der Waals surface area contributed by atoms with Crippen LogP contribution in [0.1, 0.15) is 15.9 Å². The monoisotopic (exact) mass is 421 g/mol. The molecule has 0 radical (unpaired) electrons. The van der Waals surface area contributed by atoms with Gasteiger partial charge in [-0.1, -0.05) is 22.0 Å². The molecule has 0 saturated carbocycles. The lowest BCUT2D eigenvalue weighted by Crippen LogP contribution is -2.14. The number of amides is 1. The molecule has 1 N–H and O–H groups in total. The van der Waals surface area contributed by atoms with Gasteiger partial charge in [-0.05, 0) is 52.3 Å². The fourth-order valence-corrected chi connectivity index (χ4v) is 2.77. The van der Waals surface area contributed by atoms with Crippen molar-refractivity contribution >= 4 is 43.5 Å². The Morgan fingerprint density at radius 1 is 1.05 bits per heavy atom. The SMILES string of the molecule is O=C(Nc1ccc(Br)cc1Br)c1cccc(C(F)(F)F)c1. The molecule has 2 aromatic carbocycles. The van der Waals surface area contributed by atoms with Crippen molar-refractivity contribution in [3.8, 4) is 0 Å². The third kappa shape index (κ3) is 4.07. The van der Waals surface area contributed by atoms with E-state index in [1.165, 1.54) is 12.1 Å². The Morgan fingerprint density at radius 3 is 2.38 bits per heavy atom. The van der Waals surface area contributed by atoms with E-state index in [4.69, 9.17) is 0 Å². The lowest BCUT2D eigenvalue weighted by molar-refractivity contribution is -0.137. The van der Waals surface area contributed by atoms with Crippen molar-refractivity contribution in [2.24, 2.45) is 0 Å². The number of hydrogen-bond acceptors (Lipinski definition) is 1. The zero-order chi connectivity index (χ0) is 15.6. The first-order chi connectivity index (χ1) is 9.77. The topological polar surface area (TPSA) is 29.1 Å². The molecule has 0 aromatic heterocycles. The van der Waals surface area contributed by atoms with Gasteiger partial charge in [-0.25, -0.2) is 0 Å². The zero-order valence-corrected chi connectivity index (χ0v) is 13.5. The Labute approximate surface area is 135 Å². The van der Waals surface area contributed by atoms with Crippen molar-refractivity contribution in [2.45, 2.75) is 6.18 Å². The van der Waals surface area contributed by atoms with Crippen LogP contribution in [0.3, 0.4) is 0 Å². The average Bonchev–Trinajstić information content (AvgIpc) is 2.41. The second kappa shape index (κ2) is 6.19. The molecule has 0 atom stereocenters. The second-order valence-electron chi connectivity index (χ2n) is 4.16. The van der Waals surface area contributed by atoms with Crippen LogP contribution in [-0.2, 0) is 6.18 Å². The molecule has 0 spiro atoms. The normalized spacial score (nSPS) is 11.3. The van der Waals surface area contributed by atoms with E-state index in [2.05, 4.69) is 37.2 Å². The number of alkyl halides is 3. The Bertz CT molecular complexity index is 686. The van der Waals surface area contributed by atoms with Crippen LogP contribution in [-0.4, -0.2) is 5.91 Å². The Balaban J connectivity index is 2.25. The van der Waals surface area contributed by atoms with Crippen LogP contribution < -0.4 is 5.32 Å². The summed E-state index contributed by atoms with van der Waals surface area (Å²) in [5, 5.41) is 2.56. The first-order valence-electron chi connectivity index (χ1n) is 5.71. The molecule has 21 heavy (non-hydrogen) atoms. The molecule has 0 heterocycles. The molecule has 0 saturated heterocycles. The van der Waals surface area contributed by atoms with Gasteiger partial charge in [0.15, 0.2) is 0 Å². The van der Waals surface area contributed by atoms with Gasteiger partial charge in [0.05, 0.1) is 11.3 Å². The quantitative estimate of drug-likeness (QED) is 0.681. The highest BCUT2D eigenvalue weighted by Crippen LogP contribution is 2.30. The average molecular weight is 423 g/mol. The van der Waals surface area contributed by atoms with Crippen LogP contribution in [0.2, 0.25) is 0 Å². The summed E-state index contributed by atoms with van der Waals surface area (Å²) in [4.78, 5) is 12.0. The van der Waals surface area contributed by atoms with Gasteiger partial charge in [0.25, 0.3) is 5.91 Å². The van der Waals surface area contributed by atoms with Gasteiger partial charge in [-0.3, -0.25) is 4.79 Å². The number of carbonyl (C=O) groups excluding carboxylic acids is 1. The van der Waals surface area contributed by atoms with E-state index < -0.39 is 17.6 Å². The van der Waals surface area contributed by atoms with Gasteiger partial charge in [-0.15, -0.1) is 0 Å². The van der Waals surface area contributed by atoms with Crippen molar-refractivity contribution in [1.82, 2.24) is 0 Å². The molecule has 0 fully saturated rings. The van der Waals surface area contributed by atoms with E-state index in [-0.39, 0.29) is 5.56 Å². The molecule has 1 amide bonds. The molecular weight excluding hydrogens is 415 g/mol. The van der Waals surface area contributed by atoms with E-state index in [9.17, 15) is 18.0 Å². The molecule has 0 aliphatic carbocycles. The third-order valence-corrected chi connectivity index (χ3v) is 3.78. The number of rotatable bonds is 2. The van der Waals surface area contributed by atoms with Gasteiger partial charge >= 0.3 is 6.18 Å². The Morgan fingerprint density at radius 2 is 1.76 bits per heavy atom. The fraction of sp³-hybridized carbons (Fsp3) is 0.0714. The highest BCUT2D eigenvalue weighted by atomic mass is 79.9. The fourth-order valence-electron chi connectivity index (χ4n) is 1.62. The molecule has 2 nitrogen and oxygen atoms in total. The first-order valence-corrected chi connectivity index (χ1v) is 7.29. The minimum absolute atomic E-state index is 0.0559. The summed E-state index contributed by atoms with van der Waals surface area (Å²) >= 11 is 6.54. The number of benzene rings is 2. The molecule has 2 rings (SSSR count). The van der Waals surface area contributed by atoms with E-state index in [1.54, 1.807) is 18.2 Å². The van der Waals surface area contributed by atoms with Gasteiger partial charge in [-0.2, -0.15) is 13.2 Å². The van der Waals surface area contributed by atoms with Crippen LogP contribution in [0.15, 0.2) is 51.4 Å². The summed E-state index contributed by atoms with van der Waals surface area (Å²) in [5.74, 6) is -0.607. The maximum absolute atomic E-state index is 12.6. The number of anilines is 1. The largest absolute Gasteiger partial charge is 0.416 e. The molecule has 2 aromatic rings. The molecular formula is C14H8Br2F3NO. The van der Waals surface area contributed by atoms with Gasteiger partial charge < -0.3 is 5.32 Å². The molecule has 0 aliphatic heterocycles. The number of hydrogen-bond donors (Lipinski definition) is 1. The summed E-state index contributed by atoms with van der Waals surface area (Å²) < 4.78 is 39.3. The van der Waals surface area contributed by atoms with Crippen molar-refractivity contribution in [1.29, 1.82) is 0 Å². The van der Waals surface area contributed by atoms with Gasteiger partial charge in [0.2, 0.25) is 0 Å². The van der Waals surface area contributed by atoms with Gasteiger partial charge in [0, 0.05) is 14.5 Å². The molecule has 0 aliphatic rings. The van der Waals surface area contributed by atoms with Crippen LogP contribution in [0.4, 0.5) is 18.9 Å². The Kier molecular flexibility index (Phi) is 4.73. The number of carbonyl (C=O) groups is 1. The minimum atomic E-state index is -4.48. The third-order valence-electron chi connectivity index (χ3n) is 2.63. The highest BCUT2D eigenvalue weighted by molar-refractivity contribution is 9.11. The summed E-state index contributed by atoms with van der Waals surface area (Å²) in [6, 6.07) is 9.36. The summed E-state index contributed by atoms with van der Waals surface area (Å²) in [6.07, 6.45) is -4.48. The van der Waals surface area contributed by atoms with Crippen molar-refractivity contribution in [2.75, 3.05) is 5.32 Å². The van der Waals surface area contributed by atoms with Crippen LogP contribution in [0.5, 0.6) is 0 Å². The maximum Gasteiger partial charge on any atom is 0.416 e. The highest BCUT2D eigenvalue weighted by Gasteiger charge is 2.30. The maximum atomic E-state index is 12.6. The number of nitrogens with one attached hydrogen (secondary N) is 1. The first kappa shape index (κ1) is 16.0. The lowest BCUT2D eigenvalue weighted by Gasteiger charge is -2.10. The molecule has 0 bridgehead atoms. The summed E-state index contributed by atoms with van der Waals surface area (Å²) in [5.41, 5.74) is -0.440. The van der Waals surface area contributed by atoms with Crippen molar-refractivity contribution < 1.29 is 18.0 Å². The predicted molar refractivity (Wildman–Crippen MR) is 81.2 cm³/mol. The van der Waals surface area contributed by atoms with E-state index in [0.29, 0.717) is 10.2 Å². The summed E-state index contributed by atoms with van der Waals surface area (Å²) in [6.45, 7) is 0. The molecule has 0 unspecified atom stereocenters. The smallest absolute Gasteiger partial charge is 0.321 e. The lowest BCUT2D eigenvalue weighted by atomic mass is 10.1. The standard InChI is InChI=1S/C14H8Br2F3NO/c15-10-4-5-12(11(16)7-10)20-13(21)8-2-1-3-9(6-8)14(17,18)19/h1-7H,(H,20,21). The van der Waals surface area contributed by atoms with Crippen LogP contribution in [0, 0.1) is 0 Å². The van der Waals surface area contributed by atoms with E-state index >= 15 is 0 Å². The second-order valence-corrected chi connectivity index (χ2v) is 5.93. The zero-order valence-electron chi connectivity index (χ0n) is 10.3. The number of halogens is 5. The van der Waals surface area contributed by atoms with Crippen molar-refractivity contribution in [3.63, 3.8) is 0 Å². The molecule has 7 heteroatoms.